The number of anilines is 1. The lowest BCUT2D eigenvalue weighted by Gasteiger charge is -2.19. The van der Waals surface area contributed by atoms with Crippen molar-refractivity contribution in [1.29, 1.82) is 0 Å². The summed E-state index contributed by atoms with van der Waals surface area (Å²) in [6.07, 6.45) is 7.59. The van der Waals surface area contributed by atoms with Crippen LogP contribution < -0.4 is 10.9 Å². The van der Waals surface area contributed by atoms with Crippen molar-refractivity contribution in [2.45, 2.75) is 62.9 Å². The fraction of sp³-hybridized carbons (Fsp3) is 0.385. The first kappa shape index (κ1) is 23.7. The van der Waals surface area contributed by atoms with Gasteiger partial charge in [0.1, 0.15) is 11.8 Å². The van der Waals surface area contributed by atoms with E-state index in [1.54, 1.807) is 41.4 Å². The van der Waals surface area contributed by atoms with Crippen LogP contribution in [0.3, 0.4) is 0 Å². The van der Waals surface area contributed by atoms with E-state index in [1.807, 2.05) is 6.92 Å². The summed E-state index contributed by atoms with van der Waals surface area (Å²) in [5.74, 6) is 1.55. The molecule has 0 amide bonds. The summed E-state index contributed by atoms with van der Waals surface area (Å²) in [6.45, 7) is 4.31. The van der Waals surface area contributed by atoms with Gasteiger partial charge in [0.15, 0.2) is 28.0 Å². The molecule has 190 valence electrons. The molecule has 4 aromatic rings. The van der Waals surface area contributed by atoms with Gasteiger partial charge in [-0.3, -0.25) is 9.36 Å². The first-order chi connectivity index (χ1) is 17.9. The zero-order valence-electron chi connectivity index (χ0n) is 20.6. The highest BCUT2D eigenvalue weighted by atomic mass is 32.2. The molecule has 1 aromatic carbocycles. The number of rotatable bonds is 8. The zero-order valence-corrected chi connectivity index (χ0v) is 21.5. The molecule has 3 aromatic heterocycles. The summed E-state index contributed by atoms with van der Waals surface area (Å²) in [4.78, 5) is 37.0. The molecule has 2 aliphatic rings. The summed E-state index contributed by atoms with van der Waals surface area (Å²) in [7, 11) is -2.63. The van der Waals surface area contributed by atoms with Crippen LogP contribution in [0.4, 0.5) is 5.82 Å². The number of nitrogens with zero attached hydrogens (tertiary/aromatic N) is 6. The van der Waals surface area contributed by atoms with Crippen LogP contribution in [0.15, 0.2) is 46.5 Å². The molecular weight excluding hydrogens is 490 g/mol. The number of nitrogens with one attached hydrogen (secondary N) is 1. The summed E-state index contributed by atoms with van der Waals surface area (Å²) in [6, 6.07) is 6.49. The normalized spacial score (nSPS) is 16.3. The molecule has 1 N–H and O–H groups in total. The quantitative estimate of drug-likeness (QED) is 0.338. The molecule has 3 heterocycles. The molecule has 0 saturated heterocycles. The third-order valence-corrected chi connectivity index (χ3v) is 7.92. The maximum absolute atomic E-state index is 13.7. The highest BCUT2D eigenvalue weighted by molar-refractivity contribution is 7.72. The molecule has 6 rings (SSSR count). The van der Waals surface area contributed by atoms with Crippen LogP contribution in [-0.4, -0.2) is 37.9 Å². The maximum Gasteiger partial charge on any atom is 0.295 e. The Morgan fingerprint density at radius 1 is 1.05 bits per heavy atom. The topological polar surface area (TPSA) is 133 Å². The SMILES string of the molecule is Cc1ncnc(C2CC2)c1-c1ncc2nc(NCc3ccc([SH](=O)=O)cc3)c(=O)n([C@@H](C)C3CC3)c2n1. The van der Waals surface area contributed by atoms with Crippen LogP contribution >= 0.6 is 0 Å². The van der Waals surface area contributed by atoms with Crippen molar-refractivity contribution in [3.05, 3.63) is 64.1 Å². The van der Waals surface area contributed by atoms with Gasteiger partial charge in [-0.25, -0.2) is 33.3 Å². The second kappa shape index (κ2) is 9.29. The lowest BCUT2D eigenvalue weighted by Crippen LogP contribution is -2.29. The Bertz CT molecular complexity index is 1630. The lowest BCUT2D eigenvalue weighted by molar-refractivity contribution is 0.482. The summed E-state index contributed by atoms with van der Waals surface area (Å²) in [5.41, 5.74) is 4.26. The van der Waals surface area contributed by atoms with E-state index in [2.05, 4.69) is 32.2 Å². The number of aromatic nitrogens is 6. The molecule has 2 saturated carbocycles. The third kappa shape index (κ3) is 4.59. The summed E-state index contributed by atoms with van der Waals surface area (Å²) >= 11 is 0. The van der Waals surface area contributed by atoms with Gasteiger partial charge in [-0.15, -0.1) is 0 Å². The molecule has 0 radical (unpaired) electrons. The zero-order chi connectivity index (χ0) is 25.7. The molecule has 11 heteroatoms. The number of hydrogen-bond donors (Lipinski definition) is 2. The molecule has 0 aliphatic heterocycles. The predicted molar refractivity (Wildman–Crippen MR) is 139 cm³/mol. The van der Waals surface area contributed by atoms with Gasteiger partial charge < -0.3 is 5.32 Å². The average Bonchev–Trinajstić information content (AvgIpc) is 3.81. The van der Waals surface area contributed by atoms with Crippen molar-refractivity contribution >= 4 is 27.7 Å². The highest BCUT2D eigenvalue weighted by Gasteiger charge is 2.33. The first-order valence-corrected chi connectivity index (χ1v) is 13.7. The van der Waals surface area contributed by atoms with Gasteiger partial charge in [0.05, 0.1) is 28.0 Å². The van der Waals surface area contributed by atoms with E-state index in [-0.39, 0.29) is 22.3 Å². The summed E-state index contributed by atoms with van der Waals surface area (Å²) in [5, 5.41) is 3.14. The van der Waals surface area contributed by atoms with Crippen LogP contribution in [-0.2, 0) is 17.2 Å². The largest absolute Gasteiger partial charge is 0.361 e. The van der Waals surface area contributed by atoms with Crippen molar-refractivity contribution in [2.75, 3.05) is 5.32 Å². The van der Waals surface area contributed by atoms with Crippen molar-refractivity contribution in [3.8, 4) is 11.4 Å². The Morgan fingerprint density at radius 2 is 1.81 bits per heavy atom. The molecule has 2 aliphatic carbocycles. The van der Waals surface area contributed by atoms with E-state index >= 15 is 0 Å². The number of fused-ring (bicyclic) bond motifs is 1. The third-order valence-electron chi connectivity index (χ3n) is 7.20. The van der Waals surface area contributed by atoms with Gasteiger partial charge in [0, 0.05) is 18.5 Å². The first-order valence-electron chi connectivity index (χ1n) is 12.5. The number of hydrogen-bond acceptors (Lipinski definition) is 9. The molecule has 0 spiro atoms. The van der Waals surface area contributed by atoms with Gasteiger partial charge in [0.25, 0.3) is 5.56 Å². The van der Waals surface area contributed by atoms with Crippen LogP contribution in [0.25, 0.3) is 22.6 Å². The smallest absolute Gasteiger partial charge is 0.295 e. The van der Waals surface area contributed by atoms with Gasteiger partial charge in [-0.2, -0.15) is 0 Å². The second-order valence-electron chi connectivity index (χ2n) is 9.89. The molecular formula is C26H27N7O3S. The second-order valence-corrected chi connectivity index (χ2v) is 10.9. The van der Waals surface area contributed by atoms with Crippen molar-refractivity contribution in [3.63, 3.8) is 0 Å². The Labute approximate surface area is 215 Å². The summed E-state index contributed by atoms with van der Waals surface area (Å²) < 4.78 is 24.1. The number of aryl methyl sites for hydroxylation is 1. The van der Waals surface area contributed by atoms with E-state index in [0.29, 0.717) is 35.4 Å². The lowest BCUT2D eigenvalue weighted by atomic mass is 10.1. The van der Waals surface area contributed by atoms with Crippen molar-refractivity contribution < 1.29 is 8.42 Å². The fourth-order valence-electron chi connectivity index (χ4n) is 4.76. The molecule has 0 unspecified atom stereocenters. The van der Waals surface area contributed by atoms with Crippen molar-refractivity contribution in [2.24, 2.45) is 5.92 Å². The molecule has 2 fully saturated rings. The monoisotopic (exact) mass is 517 g/mol. The number of benzene rings is 1. The maximum atomic E-state index is 13.7. The minimum Gasteiger partial charge on any atom is -0.361 e. The van der Waals surface area contributed by atoms with Crippen LogP contribution in [0.5, 0.6) is 0 Å². The fourth-order valence-corrected chi connectivity index (χ4v) is 5.15. The van der Waals surface area contributed by atoms with E-state index in [0.717, 1.165) is 48.2 Å². The van der Waals surface area contributed by atoms with Gasteiger partial charge in [-0.1, -0.05) is 12.1 Å². The van der Waals surface area contributed by atoms with Crippen LogP contribution in [0.2, 0.25) is 0 Å². The van der Waals surface area contributed by atoms with E-state index in [1.165, 1.54) is 0 Å². The Balaban J connectivity index is 1.42. The minimum absolute atomic E-state index is 0.0371. The van der Waals surface area contributed by atoms with E-state index in [9.17, 15) is 13.2 Å². The molecule has 10 nitrogen and oxygen atoms in total. The standard InChI is InChI=1S/C26H27N7O3S/c1-14-21(22(18-7-8-18)30-13-29-14)23-28-12-20-25(32-23)33(15(2)17-5-6-17)26(34)24(31-20)27-11-16-3-9-19(10-4-16)37(35)36/h3-4,9-10,12-13,15,17-18,37H,5-8,11H2,1-2H3,(H,27,31)/t15-/m0/s1. The van der Waals surface area contributed by atoms with Crippen LogP contribution in [0, 0.1) is 12.8 Å². The average molecular weight is 518 g/mol. The highest BCUT2D eigenvalue weighted by Crippen LogP contribution is 2.43. The van der Waals surface area contributed by atoms with Gasteiger partial charge in [-0.05, 0) is 63.1 Å². The van der Waals surface area contributed by atoms with Crippen LogP contribution in [0.1, 0.15) is 61.5 Å². The predicted octanol–water partition coefficient (Wildman–Crippen LogP) is 3.38. The molecule has 1 atom stereocenters. The Kier molecular flexibility index (Phi) is 5.94. The van der Waals surface area contributed by atoms with E-state index < -0.39 is 10.7 Å². The van der Waals surface area contributed by atoms with Crippen molar-refractivity contribution in [1.82, 2.24) is 29.5 Å². The van der Waals surface area contributed by atoms with Gasteiger partial charge in [0.2, 0.25) is 0 Å². The molecule has 0 bridgehead atoms. The van der Waals surface area contributed by atoms with Gasteiger partial charge >= 0.3 is 0 Å². The Morgan fingerprint density at radius 3 is 2.49 bits per heavy atom. The minimum atomic E-state index is -2.63. The molecule has 37 heavy (non-hydrogen) atoms. The van der Waals surface area contributed by atoms with E-state index in [4.69, 9.17) is 4.98 Å². The number of thiol groups is 1. The Hall–Kier alpha value is -3.73.